The molecule has 0 spiro atoms. The summed E-state index contributed by atoms with van der Waals surface area (Å²) in [7, 11) is 3.24. The zero-order valence-corrected chi connectivity index (χ0v) is 18.4. The number of hydrogen-bond donors (Lipinski definition) is 2. The summed E-state index contributed by atoms with van der Waals surface area (Å²) in [5, 5.41) is 10.3. The summed E-state index contributed by atoms with van der Waals surface area (Å²) in [5.41, 5.74) is 7.42. The number of para-hydroxylation sites is 1. The van der Waals surface area contributed by atoms with E-state index in [1.54, 1.807) is 25.0 Å². The van der Waals surface area contributed by atoms with Gasteiger partial charge >= 0.3 is 0 Å². The molecule has 0 aliphatic rings. The van der Waals surface area contributed by atoms with Crippen molar-refractivity contribution in [3.05, 3.63) is 71.8 Å². The molecule has 0 bridgehead atoms. The normalized spacial score (nSPS) is 11.7. The van der Waals surface area contributed by atoms with Crippen LogP contribution >= 0.6 is 0 Å². The molecule has 0 radical (unpaired) electrons. The number of hydrogen-bond acceptors (Lipinski definition) is 6. The average molecular weight is 440 g/mol. The Balaban J connectivity index is 1.53. The molecule has 0 aliphatic heterocycles. The topological polar surface area (TPSA) is 109 Å². The van der Waals surface area contributed by atoms with E-state index in [-0.39, 0.29) is 5.69 Å². The van der Waals surface area contributed by atoms with Crippen LogP contribution in [-0.4, -0.2) is 40.9 Å². The first kappa shape index (κ1) is 23.1. The molecule has 8 nitrogen and oxygen atoms in total. The quantitative estimate of drug-likeness (QED) is 0.449. The molecule has 3 aromatic rings. The molecule has 0 unspecified atom stereocenters. The maximum absolute atomic E-state index is 11.1. The average Bonchev–Trinajstić information content (AvgIpc) is 3.27. The Hall–Kier alpha value is -3.52. The van der Waals surface area contributed by atoms with Gasteiger partial charge in [0.05, 0.1) is 26.7 Å². The largest absolute Gasteiger partial charge is 0.497 e. The number of primary amides is 1. The number of rotatable bonds is 12. The van der Waals surface area contributed by atoms with Crippen LogP contribution in [0.5, 0.6) is 17.2 Å². The zero-order valence-electron chi connectivity index (χ0n) is 18.4. The Labute approximate surface area is 187 Å². The van der Waals surface area contributed by atoms with Crippen LogP contribution in [0.3, 0.4) is 0 Å². The summed E-state index contributed by atoms with van der Waals surface area (Å²) in [4.78, 5) is 15.0. The van der Waals surface area contributed by atoms with Crippen molar-refractivity contribution in [3.63, 3.8) is 0 Å². The van der Waals surface area contributed by atoms with E-state index in [1.165, 1.54) is 6.33 Å². The van der Waals surface area contributed by atoms with Crippen molar-refractivity contribution < 1.29 is 24.1 Å². The molecule has 0 saturated carbocycles. The molecule has 1 aromatic heterocycles. The maximum atomic E-state index is 11.1. The van der Waals surface area contributed by atoms with Crippen LogP contribution in [0.4, 0.5) is 0 Å². The lowest BCUT2D eigenvalue weighted by molar-refractivity contribution is 0.0995. The second kappa shape index (κ2) is 11.2. The van der Waals surface area contributed by atoms with Gasteiger partial charge in [0.2, 0.25) is 0 Å². The van der Waals surface area contributed by atoms with Crippen LogP contribution in [-0.2, 0) is 19.6 Å². The van der Waals surface area contributed by atoms with Crippen molar-refractivity contribution in [1.29, 1.82) is 0 Å². The van der Waals surface area contributed by atoms with Gasteiger partial charge < -0.3 is 29.6 Å². The molecule has 1 amide bonds. The number of amides is 1. The number of carbonyl (C=O) groups excluding carboxylic acids is 1. The lowest BCUT2D eigenvalue weighted by Crippen LogP contribution is -2.15. The van der Waals surface area contributed by atoms with Crippen LogP contribution in [0.2, 0.25) is 0 Å². The van der Waals surface area contributed by atoms with Gasteiger partial charge in [0, 0.05) is 18.8 Å². The number of carbonyl (C=O) groups is 1. The number of methoxy groups -OCH3 is 2. The van der Waals surface area contributed by atoms with Crippen LogP contribution in [0.1, 0.15) is 34.5 Å². The summed E-state index contributed by atoms with van der Waals surface area (Å²) >= 11 is 0. The van der Waals surface area contributed by atoms with Crippen molar-refractivity contribution in [1.82, 2.24) is 9.55 Å². The number of nitrogens with two attached hydrogens (primary N) is 1. The predicted molar refractivity (Wildman–Crippen MR) is 120 cm³/mol. The highest BCUT2D eigenvalue weighted by atomic mass is 16.5. The van der Waals surface area contributed by atoms with Gasteiger partial charge in [0.25, 0.3) is 5.91 Å². The van der Waals surface area contributed by atoms with E-state index in [0.717, 1.165) is 29.7 Å². The van der Waals surface area contributed by atoms with Crippen molar-refractivity contribution in [3.8, 4) is 17.2 Å². The number of ether oxygens (including phenoxy) is 3. The minimum atomic E-state index is -0.581. The van der Waals surface area contributed by atoms with Crippen molar-refractivity contribution in [2.75, 3.05) is 14.2 Å². The molecule has 1 atom stereocenters. The Morgan fingerprint density at radius 1 is 1.16 bits per heavy atom. The highest BCUT2D eigenvalue weighted by Gasteiger charge is 2.11. The number of aliphatic hydroxyl groups excluding tert-OH is 1. The van der Waals surface area contributed by atoms with Crippen LogP contribution in [0, 0.1) is 0 Å². The summed E-state index contributed by atoms with van der Waals surface area (Å²) in [5.74, 6) is 1.66. The second-order valence-electron chi connectivity index (χ2n) is 7.48. The van der Waals surface area contributed by atoms with Crippen molar-refractivity contribution in [2.24, 2.45) is 5.73 Å². The van der Waals surface area contributed by atoms with Crippen molar-refractivity contribution >= 4 is 5.91 Å². The minimum Gasteiger partial charge on any atom is -0.497 e. The van der Waals surface area contributed by atoms with Gasteiger partial charge in [-0.3, -0.25) is 4.79 Å². The fraction of sp³-hybridized carbons (Fsp3) is 0.333. The van der Waals surface area contributed by atoms with E-state index in [2.05, 4.69) is 4.98 Å². The third-order valence-corrected chi connectivity index (χ3v) is 5.07. The van der Waals surface area contributed by atoms with E-state index in [4.69, 9.17) is 19.9 Å². The Morgan fingerprint density at radius 2 is 1.88 bits per heavy atom. The van der Waals surface area contributed by atoms with E-state index in [1.807, 2.05) is 42.5 Å². The van der Waals surface area contributed by atoms with Gasteiger partial charge in [-0.05, 0) is 48.6 Å². The molecule has 32 heavy (non-hydrogen) atoms. The Bertz CT molecular complexity index is 1010. The fourth-order valence-corrected chi connectivity index (χ4v) is 3.41. The lowest BCUT2D eigenvalue weighted by Gasteiger charge is -2.14. The molecular weight excluding hydrogens is 410 g/mol. The van der Waals surface area contributed by atoms with Gasteiger partial charge in [0.15, 0.2) is 0 Å². The predicted octanol–water partition coefficient (Wildman–Crippen LogP) is 2.96. The highest BCUT2D eigenvalue weighted by Crippen LogP contribution is 2.25. The summed E-state index contributed by atoms with van der Waals surface area (Å²) < 4.78 is 18.4. The van der Waals surface area contributed by atoms with E-state index < -0.39 is 12.0 Å². The number of nitrogens with zero attached hydrogens (tertiary/aromatic N) is 2. The third-order valence-electron chi connectivity index (χ3n) is 5.07. The third kappa shape index (κ3) is 6.49. The Kier molecular flexibility index (Phi) is 8.10. The first-order valence-corrected chi connectivity index (χ1v) is 10.4. The number of aromatic nitrogens is 2. The molecular formula is C24H29N3O5. The molecule has 1 heterocycles. The summed E-state index contributed by atoms with van der Waals surface area (Å²) in [6.07, 6.45) is 4.65. The van der Waals surface area contributed by atoms with Crippen LogP contribution in [0.25, 0.3) is 0 Å². The van der Waals surface area contributed by atoms with Gasteiger partial charge in [0.1, 0.15) is 29.5 Å². The van der Waals surface area contributed by atoms with E-state index in [0.29, 0.717) is 31.1 Å². The SMILES string of the molecule is COc1cc(COc2ccccc2CCC[C@H](O)Cn2cnc(C(N)=O)c2)cc(OC)c1. The fourth-order valence-electron chi connectivity index (χ4n) is 3.41. The molecule has 0 saturated heterocycles. The van der Waals surface area contributed by atoms with Crippen LogP contribution in [0.15, 0.2) is 55.0 Å². The van der Waals surface area contributed by atoms with Gasteiger partial charge in [-0.2, -0.15) is 0 Å². The molecule has 0 fully saturated rings. The summed E-state index contributed by atoms with van der Waals surface area (Å²) in [6.45, 7) is 0.742. The molecule has 170 valence electrons. The molecule has 8 heteroatoms. The first-order valence-electron chi connectivity index (χ1n) is 10.4. The summed E-state index contributed by atoms with van der Waals surface area (Å²) in [6, 6.07) is 13.5. The Morgan fingerprint density at radius 3 is 2.53 bits per heavy atom. The number of imidazole rings is 1. The van der Waals surface area contributed by atoms with Crippen LogP contribution < -0.4 is 19.9 Å². The van der Waals surface area contributed by atoms with Gasteiger partial charge in [-0.1, -0.05) is 18.2 Å². The monoisotopic (exact) mass is 439 g/mol. The molecule has 3 rings (SSSR count). The van der Waals surface area contributed by atoms with E-state index in [9.17, 15) is 9.90 Å². The standard InChI is InChI=1S/C24H29N3O5/c1-30-20-10-17(11-21(12-20)31-2)15-32-23-9-4-3-6-18(23)7-5-8-19(28)13-27-14-22(24(25)29)26-16-27/h3-4,6,9-12,14,16,19,28H,5,7-8,13,15H2,1-2H3,(H2,25,29)/t19-/m0/s1. The number of aryl methyl sites for hydroxylation is 1. The molecule has 3 N–H and O–H groups in total. The number of aliphatic hydroxyl groups is 1. The lowest BCUT2D eigenvalue weighted by atomic mass is 10.0. The number of benzene rings is 2. The maximum Gasteiger partial charge on any atom is 0.268 e. The smallest absolute Gasteiger partial charge is 0.268 e. The zero-order chi connectivity index (χ0) is 22.9. The van der Waals surface area contributed by atoms with Gasteiger partial charge in [-0.15, -0.1) is 0 Å². The minimum absolute atomic E-state index is 0.192. The van der Waals surface area contributed by atoms with Crippen molar-refractivity contribution in [2.45, 2.75) is 38.5 Å². The highest BCUT2D eigenvalue weighted by molar-refractivity contribution is 5.90. The van der Waals surface area contributed by atoms with E-state index >= 15 is 0 Å². The van der Waals surface area contributed by atoms with Gasteiger partial charge in [-0.25, -0.2) is 4.98 Å². The molecule has 2 aromatic carbocycles. The molecule has 0 aliphatic carbocycles. The second-order valence-corrected chi connectivity index (χ2v) is 7.48. The first-order chi connectivity index (χ1) is 15.5.